The van der Waals surface area contributed by atoms with Crippen molar-refractivity contribution in [1.82, 2.24) is 4.98 Å². The molecule has 0 spiro atoms. The van der Waals surface area contributed by atoms with E-state index in [4.69, 9.17) is 0 Å². The number of rotatable bonds is 3. The summed E-state index contributed by atoms with van der Waals surface area (Å²) in [6.45, 7) is 2.80. The lowest BCUT2D eigenvalue weighted by Gasteiger charge is -2.07. The molecule has 1 N–H and O–H groups in total. The molecule has 0 saturated heterocycles. The molecular formula is C13H12Br2N2. The van der Waals surface area contributed by atoms with Gasteiger partial charge < -0.3 is 5.32 Å². The fourth-order valence-corrected chi connectivity index (χ4v) is 2.38. The number of anilines is 1. The van der Waals surface area contributed by atoms with Gasteiger partial charge in [-0.2, -0.15) is 0 Å². The van der Waals surface area contributed by atoms with E-state index in [0.717, 1.165) is 26.9 Å². The van der Waals surface area contributed by atoms with Crippen LogP contribution in [-0.4, -0.2) is 4.98 Å². The maximum absolute atomic E-state index is 4.32. The summed E-state index contributed by atoms with van der Waals surface area (Å²) in [4.78, 5) is 4.32. The van der Waals surface area contributed by atoms with Crippen LogP contribution in [0.5, 0.6) is 0 Å². The number of nitrogens with zero attached hydrogens (tertiary/aromatic N) is 1. The number of nitrogens with one attached hydrogen (secondary N) is 1. The zero-order chi connectivity index (χ0) is 12.3. The van der Waals surface area contributed by atoms with Gasteiger partial charge in [0.25, 0.3) is 0 Å². The van der Waals surface area contributed by atoms with Crippen LogP contribution in [0.15, 0.2) is 45.5 Å². The van der Waals surface area contributed by atoms with E-state index in [-0.39, 0.29) is 0 Å². The Hall–Kier alpha value is -0.870. The van der Waals surface area contributed by atoms with Gasteiger partial charge >= 0.3 is 0 Å². The van der Waals surface area contributed by atoms with E-state index in [1.54, 1.807) is 0 Å². The third-order valence-electron chi connectivity index (χ3n) is 2.30. The second kappa shape index (κ2) is 5.65. The summed E-state index contributed by atoms with van der Waals surface area (Å²) in [6.07, 6.45) is 1.81. The predicted molar refractivity (Wildman–Crippen MR) is 78.1 cm³/mol. The third kappa shape index (κ3) is 3.82. The van der Waals surface area contributed by atoms with E-state index in [9.17, 15) is 0 Å². The molecule has 0 atom stereocenters. The van der Waals surface area contributed by atoms with Crippen LogP contribution in [0.25, 0.3) is 0 Å². The first kappa shape index (κ1) is 12.6. The first-order chi connectivity index (χ1) is 8.13. The van der Waals surface area contributed by atoms with E-state index in [0.29, 0.717) is 0 Å². The van der Waals surface area contributed by atoms with Crippen molar-refractivity contribution in [2.24, 2.45) is 0 Å². The van der Waals surface area contributed by atoms with E-state index < -0.39 is 0 Å². The van der Waals surface area contributed by atoms with Gasteiger partial charge in [0.1, 0.15) is 0 Å². The molecule has 1 aromatic carbocycles. The monoisotopic (exact) mass is 354 g/mol. The molecule has 0 saturated carbocycles. The van der Waals surface area contributed by atoms with Crippen LogP contribution in [0.3, 0.4) is 0 Å². The van der Waals surface area contributed by atoms with Crippen molar-refractivity contribution in [2.75, 3.05) is 5.32 Å². The largest absolute Gasteiger partial charge is 0.379 e. The first-order valence-corrected chi connectivity index (χ1v) is 6.83. The maximum atomic E-state index is 4.32. The number of hydrogen-bond donors (Lipinski definition) is 1. The van der Waals surface area contributed by atoms with Crippen molar-refractivity contribution < 1.29 is 0 Å². The van der Waals surface area contributed by atoms with Gasteiger partial charge in [0.15, 0.2) is 0 Å². The molecule has 0 amide bonds. The molecule has 1 aromatic heterocycles. The molecule has 0 aliphatic rings. The molecule has 17 heavy (non-hydrogen) atoms. The average molecular weight is 356 g/mol. The van der Waals surface area contributed by atoms with Gasteiger partial charge in [0.2, 0.25) is 0 Å². The van der Waals surface area contributed by atoms with E-state index in [1.807, 2.05) is 18.3 Å². The quantitative estimate of drug-likeness (QED) is 0.875. The van der Waals surface area contributed by atoms with Gasteiger partial charge in [0, 0.05) is 20.8 Å². The number of aryl methyl sites for hydroxylation is 1. The lowest BCUT2D eigenvalue weighted by atomic mass is 10.2. The first-order valence-electron chi connectivity index (χ1n) is 5.25. The van der Waals surface area contributed by atoms with Crippen LogP contribution in [0, 0.1) is 6.92 Å². The van der Waals surface area contributed by atoms with Crippen molar-refractivity contribution in [1.29, 1.82) is 0 Å². The second-order valence-electron chi connectivity index (χ2n) is 3.84. The zero-order valence-corrected chi connectivity index (χ0v) is 12.5. The van der Waals surface area contributed by atoms with Crippen molar-refractivity contribution in [3.63, 3.8) is 0 Å². The molecule has 0 radical (unpaired) electrons. The van der Waals surface area contributed by atoms with Crippen LogP contribution < -0.4 is 5.32 Å². The van der Waals surface area contributed by atoms with E-state index in [1.165, 1.54) is 5.56 Å². The minimum atomic E-state index is 0.725. The summed E-state index contributed by atoms with van der Waals surface area (Å²) in [5, 5.41) is 3.35. The van der Waals surface area contributed by atoms with Gasteiger partial charge in [-0.15, -0.1) is 0 Å². The lowest BCUT2D eigenvalue weighted by molar-refractivity contribution is 1.04. The normalized spacial score (nSPS) is 10.3. The van der Waals surface area contributed by atoms with Crippen molar-refractivity contribution in [3.05, 3.63) is 56.7 Å². The highest BCUT2D eigenvalue weighted by Gasteiger charge is 1.98. The van der Waals surface area contributed by atoms with Crippen molar-refractivity contribution >= 4 is 37.5 Å². The van der Waals surface area contributed by atoms with Gasteiger partial charge in [-0.3, -0.25) is 4.98 Å². The SMILES string of the molecule is Cc1cc(Br)cc(NCc2ccc(Br)cn2)c1. The Kier molecular flexibility index (Phi) is 4.18. The van der Waals surface area contributed by atoms with Crippen LogP contribution in [-0.2, 0) is 6.54 Å². The summed E-state index contributed by atoms with van der Waals surface area (Å²) < 4.78 is 2.09. The summed E-state index contributed by atoms with van der Waals surface area (Å²) in [5.41, 5.74) is 3.35. The molecule has 0 aliphatic heterocycles. The van der Waals surface area contributed by atoms with E-state index >= 15 is 0 Å². The highest BCUT2D eigenvalue weighted by molar-refractivity contribution is 9.10. The highest BCUT2D eigenvalue weighted by Crippen LogP contribution is 2.19. The molecule has 2 nitrogen and oxygen atoms in total. The highest BCUT2D eigenvalue weighted by atomic mass is 79.9. The fourth-order valence-electron chi connectivity index (χ4n) is 1.54. The van der Waals surface area contributed by atoms with Crippen molar-refractivity contribution in [3.8, 4) is 0 Å². The number of halogens is 2. The lowest BCUT2D eigenvalue weighted by Crippen LogP contribution is -2.01. The molecule has 4 heteroatoms. The standard InChI is InChI=1S/C13H12Br2N2/c1-9-4-11(15)6-13(5-9)17-8-12-3-2-10(14)7-16-12/h2-7,17H,8H2,1H3. The molecule has 0 bridgehead atoms. The molecular weight excluding hydrogens is 344 g/mol. The second-order valence-corrected chi connectivity index (χ2v) is 5.67. The van der Waals surface area contributed by atoms with Gasteiger partial charge in [-0.1, -0.05) is 15.9 Å². The minimum absolute atomic E-state index is 0.725. The average Bonchev–Trinajstić information content (AvgIpc) is 2.27. The number of aromatic nitrogens is 1. The Labute approximate surface area is 118 Å². The predicted octanol–water partition coefficient (Wildman–Crippen LogP) is 4.53. The smallest absolute Gasteiger partial charge is 0.0595 e. The summed E-state index contributed by atoms with van der Waals surface area (Å²) >= 11 is 6.86. The Morgan fingerprint density at radius 2 is 1.94 bits per heavy atom. The number of benzene rings is 1. The zero-order valence-electron chi connectivity index (χ0n) is 9.37. The molecule has 0 aliphatic carbocycles. The van der Waals surface area contributed by atoms with E-state index in [2.05, 4.69) is 67.3 Å². The molecule has 88 valence electrons. The number of hydrogen-bond acceptors (Lipinski definition) is 2. The summed E-state index contributed by atoms with van der Waals surface area (Å²) in [6, 6.07) is 10.3. The topological polar surface area (TPSA) is 24.9 Å². The maximum Gasteiger partial charge on any atom is 0.0595 e. The van der Waals surface area contributed by atoms with Gasteiger partial charge in [-0.25, -0.2) is 0 Å². The fraction of sp³-hybridized carbons (Fsp3) is 0.154. The molecule has 2 rings (SSSR count). The molecule has 2 aromatic rings. The minimum Gasteiger partial charge on any atom is -0.379 e. The summed E-state index contributed by atoms with van der Waals surface area (Å²) in [7, 11) is 0. The Morgan fingerprint density at radius 3 is 2.59 bits per heavy atom. The molecule has 0 fully saturated rings. The van der Waals surface area contributed by atoms with Crippen LogP contribution >= 0.6 is 31.9 Å². The Morgan fingerprint density at radius 1 is 1.12 bits per heavy atom. The summed E-state index contributed by atoms with van der Waals surface area (Å²) in [5.74, 6) is 0. The number of pyridine rings is 1. The van der Waals surface area contributed by atoms with Crippen molar-refractivity contribution in [2.45, 2.75) is 13.5 Å². The van der Waals surface area contributed by atoms with Gasteiger partial charge in [0.05, 0.1) is 12.2 Å². The Bertz CT molecular complexity index is 489. The molecule has 0 unspecified atom stereocenters. The van der Waals surface area contributed by atoms with Crippen LogP contribution in [0.2, 0.25) is 0 Å². The van der Waals surface area contributed by atoms with Gasteiger partial charge in [-0.05, 0) is 58.7 Å². The van der Waals surface area contributed by atoms with Crippen LogP contribution in [0.4, 0.5) is 5.69 Å². The Balaban J connectivity index is 2.04. The third-order valence-corrected chi connectivity index (χ3v) is 3.23. The van der Waals surface area contributed by atoms with Crippen LogP contribution in [0.1, 0.15) is 11.3 Å². The molecule has 1 heterocycles.